The number of hydrogen-bond acceptors (Lipinski definition) is 3. The van der Waals surface area contributed by atoms with Crippen molar-refractivity contribution < 1.29 is 4.79 Å². The van der Waals surface area contributed by atoms with Crippen LogP contribution in [-0.4, -0.2) is 35.9 Å². The van der Waals surface area contributed by atoms with Crippen LogP contribution < -0.4 is 0 Å². The molecule has 0 aromatic carbocycles. The summed E-state index contributed by atoms with van der Waals surface area (Å²) in [5, 5.41) is 0.111. The van der Waals surface area contributed by atoms with Gasteiger partial charge in [-0.1, -0.05) is 41.9 Å². The molecule has 14 heavy (non-hydrogen) atoms. The molecule has 2 unspecified atom stereocenters. The zero-order chi connectivity index (χ0) is 11.1. The first-order valence-electron chi connectivity index (χ1n) is 5.02. The van der Waals surface area contributed by atoms with Gasteiger partial charge >= 0.3 is 0 Å². The zero-order valence-electron chi connectivity index (χ0n) is 9.74. The van der Waals surface area contributed by atoms with Gasteiger partial charge in [-0.05, 0) is 19.1 Å². The van der Waals surface area contributed by atoms with Crippen LogP contribution in [-0.2, 0) is 4.79 Å². The van der Waals surface area contributed by atoms with E-state index in [9.17, 15) is 4.79 Å². The van der Waals surface area contributed by atoms with E-state index in [1.54, 1.807) is 26.5 Å². The van der Waals surface area contributed by atoms with E-state index in [-0.39, 0.29) is 11.2 Å². The summed E-state index contributed by atoms with van der Waals surface area (Å²) in [6, 6.07) is 0. The van der Waals surface area contributed by atoms with E-state index in [0.29, 0.717) is 5.92 Å². The summed E-state index contributed by atoms with van der Waals surface area (Å²) in [5.41, 5.74) is 0. The lowest BCUT2D eigenvalue weighted by Crippen LogP contribution is -2.37. The van der Waals surface area contributed by atoms with Crippen molar-refractivity contribution in [1.82, 2.24) is 4.90 Å². The van der Waals surface area contributed by atoms with Gasteiger partial charge in [-0.25, -0.2) is 0 Å². The van der Waals surface area contributed by atoms with Gasteiger partial charge in [0.2, 0.25) is 5.91 Å². The molecule has 2 nitrogen and oxygen atoms in total. The van der Waals surface area contributed by atoms with Crippen LogP contribution >= 0.6 is 21.6 Å². The summed E-state index contributed by atoms with van der Waals surface area (Å²) in [5.74, 6) is 0.718. The number of carbonyl (C=O) groups excluding carboxylic acids is 1. The highest BCUT2D eigenvalue weighted by atomic mass is 33.1. The van der Waals surface area contributed by atoms with Crippen molar-refractivity contribution in [3.8, 4) is 0 Å². The van der Waals surface area contributed by atoms with Crippen molar-refractivity contribution in [2.75, 3.05) is 19.8 Å². The van der Waals surface area contributed by atoms with Crippen molar-refractivity contribution in [3.05, 3.63) is 0 Å². The maximum absolute atomic E-state index is 12.0. The Bertz CT molecular complexity index is 176. The molecule has 0 fully saturated rings. The Morgan fingerprint density at radius 1 is 1.43 bits per heavy atom. The third-order valence-electron chi connectivity index (χ3n) is 2.45. The average molecular weight is 235 g/mol. The minimum absolute atomic E-state index is 0.111. The van der Waals surface area contributed by atoms with E-state index in [2.05, 4.69) is 13.8 Å². The fraction of sp³-hybridized carbons (Fsp3) is 0.900. The molecule has 2 atom stereocenters. The molecular weight excluding hydrogens is 214 g/mol. The smallest absolute Gasteiger partial charge is 0.236 e. The molecule has 0 N–H and O–H groups in total. The number of rotatable bonds is 6. The van der Waals surface area contributed by atoms with Crippen LogP contribution in [0.15, 0.2) is 0 Å². The van der Waals surface area contributed by atoms with Gasteiger partial charge in [-0.3, -0.25) is 4.79 Å². The molecule has 0 saturated heterocycles. The molecule has 0 aliphatic carbocycles. The third-order valence-corrected chi connectivity index (χ3v) is 4.72. The molecule has 4 heteroatoms. The Labute approximate surface area is 95.6 Å². The fourth-order valence-corrected chi connectivity index (χ4v) is 3.36. The Balaban J connectivity index is 4.39. The normalized spacial score (nSPS) is 14.9. The van der Waals surface area contributed by atoms with Crippen molar-refractivity contribution in [3.63, 3.8) is 0 Å². The van der Waals surface area contributed by atoms with E-state index >= 15 is 0 Å². The molecule has 0 bridgehead atoms. The Morgan fingerprint density at radius 2 is 2.00 bits per heavy atom. The molecule has 84 valence electrons. The highest BCUT2D eigenvalue weighted by molar-refractivity contribution is 8.76. The number of carbonyl (C=O) groups is 1. The second-order valence-corrected chi connectivity index (χ2v) is 6.03. The molecular formula is C10H21NOS2. The second kappa shape index (κ2) is 7.46. The Kier molecular flexibility index (Phi) is 7.55. The molecule has 0 rings (SSSR count). The predicted octanol–water partition coefficient (Wildman–Crippen LogP) is 2.89. The van der Waals surface area contributed by atoms with Crippen LogP contribution in [0.4, 0.5) is 0 Å². The van der Waals surface area contributed by atoms with Crippen molar-refractivity contribution in [1.29, 1.82) is 0 Å². The first-order valence-corrected chi connectivity index (χ1v) is 7.64. The summed E-state index contributed by atoms with van der Waals surface area (Å²) in [6.45, 7) is 7.09. The van der Waals surface area contributed by atoms with Gasteiger partial charge in [0.15, 0.2) is 0 Å². The van der Waals surface area contributed by atoms with Gasteiger partial charge in [-0.15, -0.1) is 0 Å². The minimum atomic E-state index is 0.111. The summed E-state index contributed by atoms with van der Waals surface area (Å²) >= 11 is 0. The predicted molar refractivity (Wildman–Crippen MR) is 67.7 cm³/mol. The molecule has 1 amide bonds. The van der Waals surface area contributed by atoms with Crippen molar-refractivity contribution in [2.24, 2.45) is 5.92 Å². The van der Waals surface area contributed by atoms with Crippen molar-refractivity contribution >= 4 is 27.5 Å². The summed E-state index contributed by atoms with van der Waals surface area (Å²) in [7, 11) is 5.24. The highest BCUT2D eigenvalue weighted by Gasteiger charge is 2.26. The van der Waals surface area contributed by atoms with Gasteiger partial charge in [0.25, 0.3) is 0 Å². The van der Waals surface area contributed by atoms with Gasteiger partial charge in [0, 0.05) is 13.6 Å². The molecule has 0 heterocycles. The fourth-order valence-electron chi connectivity index (χ4n) is 1.07. The zero-order valence-corrected chi connectivity index (χ0v) is 11.4. The van der Waals surface area contributed by atoms with Crippen LogP contribution in [0.25, 0.3) is 0 Å². The maximum atomic E-state index is 12.0. The minimum Gasteiger partial charge on any atom is -0.345 e. The van der Waals surface area contributed by atoms with Crippen LogP contribution in [0, 0.1) is 5.92 Å². The van der Waals surface area contributed by atoms with Crippen LogP contribution in [0.1, 0.15) is 27.2 Å². The average Bonchev–Trinajstić information content (AvgIpc) is 2.22. The third kappa shape index (κ3) is 4.13. The lowest BCUT2D eigenvalue weighted by Gasteiger charge is -2.25. The monoisotopic (exact) mass is 235 g/mol. The number of nitrogens with zero attached hydrogens (tertiary/aromatic N) is 1. The van der Waals surface area contributed by atoms with Gasteiger partial charge < -0.3 is 4.90 Å². The first kappa shape index (κ1) is 14.2. The molecule has 0 spiro atoms. The summed E-state index contributed by atoms with van der Waals surface area (Å²) in [6.07, 6.45) is 3.08. The van der Waals surface area contributed by atoms with E-state index in [1.807, 2.05) is 20.2 Å². The van der Waals surface area contributed by atoms with Gasteiger partial charge in [0.1, 0.15) is 0 Å². The Hall–Kier alpha value is 0.170. The van der Waals surface area contributed by atoms with Crippen molar-refractivity contribution in [2.45, 2.75) is 32.4 Å². The lowest BCUT2D eigenvalue weighted by molar-refractivity contribution is -0.129. The van der Waals surface area contributed by atoms with E-state index in [1.165, 1.54) is 0 Å². The topological polar surface area (TPSA) is 20.3 Å². The molecule has 0 aromatic rings. The van der Waals surface area contributed by atoms with Gasteiger partial charge in [0.05, 0.1) is 5.25 Å². The highest BCUT2D eigenvalue weighted by Crippen LogP contribution is 2.31. The maximum Gasteiger partial charge on any atom is 0.236 e. The van der Waals surface area contributed by atoms with Crippen LogP contribution in [0.3, 0.4) is 0 Å². The molecule has 0 aliphatic heterocycles. The quantitative estimate of drug-likeness (QED) is 0.660. The Morgan fingerprint density at radius 3 is 2.36 bits per heavy atom. The van der Waals surface area contributed by atoms with Crippen LogP contribution in [0.5, 0.6) is 0 Å². The molecule has 0 aromatic heterocycles. The standard InChI is InChI=1S/C10H21NOS2/c1-6-8(3)9(14-13-5)10(12)11(4)7-2/h8-9H,6-7H2,1-5H3. The van der Waals surface area contributed by atoms with E-state index in [0.717, 1.165) is 13.0 Å². The first-order chi connectivity index (χ1) is 6.58. The lowest BCUT2D eigenvalue weighted by atomic mass is 10.0. The van der Waals surface area contributed by atoms with Gasteiger partial charge in [-0.2, -0.15) is 0 Å². The molecule has 0 saturated carbocycles. The van der Waals surface area contributed by atoms with E-state index in [4.69, 9.17) is 0 Å². The largest absolute Gasteiger partial charge is 0.345 e. The van der Waals surface area contributed by atoms with E-state index < -0.39 is 0 Å². The number of hydrogen-bond donors (Lipinski definition) is 0. The summed E-state index contributed by atoms with van der Waals surface area (Å²) < 4.78 is 0. The molecule has 0 radical (unpaired) electrons. The SMILES string of the molecule is CCC(C)C(SSC)C(=O)N(C)CC. The number of amides is 1. The summed E-state index contributed by atoms with van der Waals surface area (Å²) in [4.78, 5) is 13.8. The second-order valence-electron chi connectivity index (χ2n) is 3.42. The van der Waals surface area contributed by atoms with Crippen LogP contribution in [0.2, 0.25) is 0 Å². The molecule has 0 aliphatic rings.